The number of morpholine rings is 1. The molecule has 2 aliphatic rings. The van der Waals surface area contributed by atoms with E-state index in [1.54, 1.807) is 6.07 Å². The minimum absolute atomic E-state index is 0. The largest absolute Gasteiger partial charge is 0.378 e. The van der Waals surface area contributed by atoms with Gasteiger partial charge < -0.3 is 15.0 Å². The third kappa shape index (κ3) is 3.63. The molecule has 1 fully saturated rings. The quantitative estimate of drug-likeness (QED) is 0.844. The molecule has 2 heterocycles. The summed E-state index contributed by atoms with van der Waals surface area (Å²) in [6, 6.07) is 3.43. The number of ether oxygens (including phenoxy) is 1. The van der Waals surface area contributed by atoms with E-state index in [-0.39, 0.29) is 24.4 Å². The van der Waals surface area contributed by atoms with E-state index < -0.39 is 0 Å². The molecule has 7 heteroatoms. The van der Waals surface area contributed by atoms with Gasteiger partial charge in [-0.15, -0.1) is 12.4 Å². The molecular formula is C14H17Cl3N2O2. The first-order valence-corrected chi connectivity index (χ1v) is 7.47. The second kappa shape index (κ2) is 7.16. The number of nitrogens with one attached hydrogen (secondary N) is 1. The number of hydrogen-bond acceptors (Lipinski definition) is 3. The first-order chi connectivity index (χ1) is 9.65. The van der Waals surface area contributed by atoms with Gasteiger partial charge in [-0.2, -0.15) is 0 Å². The summed E-state index contributed by atoms with van der Waals surface area (Å²) >= 11 is 12.3. The number of rotatable bonds is 1. The van der Waals surface area contributed by atoms with E-state index in [1.165, 1.54) is 0 Å². The van der Waals surface area contributed by atoms with Crippen LogP contribution in [0.1, 0.15) is 11.1 Å². The summed E-state index contributed by atoms with van der Waals surface area (Å²) in [6.07, 6.45) is 0.787. The van der Waals surface area contributed by atoms with E-state index in [0.717, 1.165) is 24.1 Å². The van der Waals surface area contributed by atoms with Gasteiger partial charge in [0, 0.05) is 29.7 Å². The maximum absolute atomic E-state index is 12.5. The van der Waals surface area contributed by atoms with Crippen LogP contribution in [-0.4, -0.2) is 43.2 Å². The molecule has 1 saturated heterocycles. The number of hydrogen-bond donors (Lipinski definition) is 1. The summed E-state index contributed by atoms with van der Waals surface area (Å²) in [5.41, 5.74) is 2.15. The molecule has 0 spiro atoms. The summed E-state index contributed by atoms with van der Waals surface area (Å²) in [7, 11) is 0. The predicted molar refractivity (Wildman–Crippen MR) is 85.4 cm³/mol. The second-order valence-electron chi connectivity index (χ2n) is 5.12. The monoisotopic (exact) mass is 350 g/mol. The number of halogens is 3. The lowest BCUT2D eigenvalue weighted by molar-refractivity contribution is -0.137. The van der Waals surface area contributed by atoms with Gasteiger partial charge in [0.15, 0.2) is 0 Å². The average molecular weight is 352 g/mol. The van der Waals surface area contributed by atoms with Crippen molar-refractivity contribution in [3.63, 3.8) is 0 Å². The fourth-order valence-electron chi connectivity index (χ4n) is 2.71. The van der Waals surface area contributed by atoms with E-state index in [9.17, 15) is 4.79 Å². The molecule has 1 unspecified atom stereocenters. The molecule has 1 atom stereocenters. The molecule has 1 amide bonds. The van der Waals surface area contributed by atoms with Crippen molar-refractivity contribution in [1.82, 2.24) is 10.2 Å². The fourth-order valence-corrected chi connectivity index (χ4v) is 3.31. The Kier molecular flexibility index (Phi) is 5.74. The van der Waals surface area contributed by atoms with Crippen molar-refractivity contribution >= 4 is 41.5 Å². The van der Waals surface area contributed by atoms with Crippen molar-refractivity contribution in [2.75, 3.05) is 26.3 Å². The molecule has 116 valence electrons. The smallest absolute Gasteiger partial charge is 0.242 e. The highest BCUT2D eigenvalue weighted by Crippen LogP contribution is 2.30. The Hall–Kier alpha value is -0.520. The molecule has 4 nitrogen and oxygen atoms in total. The van der Waals surface area contributed by atoms with Crippen molar-refractivity contribution in [3.05, 3.63) is 33.3 Å². The van der Waals surface area contributed by atoms with Crippen LogP contribution in [0.5, 0.6) is 0 Å². The van der Waals surface area contributed by atoms with Gasteiger partial charge in [0.2, 0.25) is 5.91 Å². The van der Waals surface area contributed by atoms with Crippen LogP contribution >= 0.6 is 35.6 Å². The van der Waals surface area contributed by atoms with Crippen LogP contribution < -0.4 is 5.32 Å². The van der Waals surface area contributed by atoms with Crippen LogP contribution in [-0.2, 0) is 22.5 Å². The minimum Gasteiger partial charge on any atom is -0.378 e. The van der Waals surface area contributed by atoms with E-state index in [4.69, 9.17) is 27.9 Å². The molecule has 0 bridgehead atoms. The van der Waals surface area contributed by atoms with Gasteiger partial charge in [-0.05, 0) is 29.7 Å². The SMILES string of the molecule is Cl.O=C(C1COCCN1)N1CCc2cc(Cl)cc(Cl)c2C1. The third-order valence-electron chi connectivity index (χ3n) is 3.78. The van der Waals surface area contributed by atoms with E-state index in [2.05, 4.69) is 5.32 Å². The Labute approximate surface area is 140 Å². The summed E-state index contributed by atoms with van der Waals surface area (Å²) in [5, 5.41) is 4.48. The molecule has 21 heavy (non-hydrogen) atoms. The first-order valence-electron chi connectivity index (χ1n) is 6.72. The van der Waals surface area contributed by atoms with Crippen molar-refractivity contribution < 1.29 is 9.53 Å². The van der Waals surface area contributed by atoms with Crippen LogP contribution in [0.25, 0.3) is 0 Å². The fraction of sp³-hybridized carbons (Fsp3) is 0.500. The molecule has 1 aromatic carbocycles. The predicted octanol–water partition coefficient (Wildman–Crippen LogP) is 2.29. The molecular weight excluding hydrogens is 335 g/mol. The highest BCUT2D eigenvalue weighted by Gasteiger charge is 2.29. The van der Waals surface area contributed by atoms with E-state index in [1.807, 2.05) is 11.0 Å². The molecule has 2 aliphatic heterocycles. The topological polar surface area (TPSA) is 41.6 Å². The van der Waals surface area contributed by atoms with Crippen molar-refractivity contribution in [2.45, 2.75) is 19.0 Å². The second-order valence-corrected chi connectivity index (χ2v) is 5.96. The van der Waals surface area contributed by atoms with Crippen molar-refractivity contribution in [2.24, 2.45) is 0 Å². The zero-order valence-corrected chi connectivity index (χ0v) is 13.7. The lowest BCUT2D eigenvalue weighted by Crippen LogP contribution is -2.53. The maximum atomic E-state index is 12.5. The highest BCUT2D eigenvalue weighted by atomic mass is 35.5. The van der Waals surface area contributed by atoms with Gasteiger partial charge in [-0.3, -0.25) is 4.79 Å². The number of carbonyl (C=O) groups is 1. The Morgan fingerprint density at radius 3 is 2.90 bits per heavy atom. The molecule has 0 radical (unpaired) electrons. The van der Waals surface area contributed by atoms with Crippen LogP contribution in [0, 0.1) is 0 Å². The zero-order valence-electron chi connectivity index (χ0n) is 11.4. The normalized spacial score (nSPS) is 21.4. The Morgan fingerprint density at radius 1 is 1.38 bits per heavy atom. The standard InChI is InChI=1S/C14H16Cl2N2O2.ClH/c15-10-5-9-1-3-18(7-11(9)12(16)6-10)14(19)13-8-20-4-2-17-13;/h5-6,13,17H,1-4,7-8H2;1H. The Balaban J connectivity index is 0.00000161. The summed E-state index contributed by atoms with van der Waals surface area (Å²) in [5.74, 6) is 0.0846. The Bertz CT molecular complexity index is 533. The lowest BCUT2D eigenvalue weighted by atomic mass is 9.99. The molecule has 1 N–H and O–H groups in total. The molecule has 3 rings (SSSR count). The highest BCUT2D eigenvalue weighted by molar-refractivity contribution is 6.35. The van der Waals surface area contributed by atoms with Gasteiger partial charge in [0.05, 0.1) is 13.2 Å². The van der Waals surface area contributed by atoms with Gasteiger partial charge in [0.1, 0.15) is 6.04 Å². The molecule has 0 aromatic heterocycles. The molecule has 1 aromatic rings. The summed E-state index contributed by atoms with van der Waals surface area (Å²) < 4.78 is 5.35. The van der Waals surface area contributed by atoms with Gasteiger partial charge in [-0.25, -0.2) is 0 Å². The van der Waals surface area contributed by atoms with Crippen molar-refractivity contribution in [3.8, 4) is 0 Å². The first kappa shape index (κ1) is 16.8. The van der Waals surface area contributed by atoms with Crippen LogP contribution in [0.4, 0.5) is 0 Å². The number of amides is 1. The zero-order chi connectivity index (χ0) is 14.1. The number of carbonyl (C=O) groups excluding carboxylic acids is 1. The molecule has 0 aliphatic carbocycles. The number of fused-ring (bicyclic) bond motifs is 1. The number of nitrogens with zero attached hydrogens (tertiary/aromatic N) is 1. The number of benzene rings is 1. The van der Waals surface area contributed by atoms with Gasteiger partial charge >= 0.3 is 0 Å². The Morgan fingerprint density at radius 2 is 2.19 bits per heavy atom. The third-order valence-corrected chi connectivity index (χ3v) is 4.34. The maximum Gasteiger partial charge on any atom is 0.242 e. The van der Waals surface area contributed by atoms with Gasteiger partial charge in [0.25, 0.3) is 0 Å². The van der Waals surface area contributed by atoms with E-state index >= 15 is 0 Å². The minimum atomic E-state index is -0.239. The lowest BCUT2D eigenvalue weighted by Gasteiger charge is -2.33. The van der Waals surface area contributed by atoms with Crippen molar-refractivity contribution in [1.29, 1.82) is 0 Å². The average Bonchev–Trinajstić information content (AvgIpc) is 2.47. The van der Waals surface area contributed by atoms with Crippen LogP contribution in [0.15, 0.2) is 12.1 Å². The molecule has 0 saturated carbocycles. The summed E-state index contributed by atoms with van der Waals surface area (Å²) in [6.45, 7) is 3.06. The summed E-state index contributed by atoms with van der Waals surface area (Å²) in [4.78, 5) is 14.3. The van der Waals surface area contributed by atoms with Crippen LogP contribution in [0.3, 0.4) is 0 Å². The van der Waals surface area contributed by atoms with E-state index in [0.29, 0.717) is 36.3 Å². The van der Waals surface area contributed by atoms with Gasteiger partial charge in [-0.1, -0.05) is 23.2 Å². The van der Waals surface area contributed by atoms with Crippen LogP contribution in [0.2, 0.25) is 10.0 Å².